The number of esters is 1. The van der Waals surface area contributed by atoms with Gasteiger partial charge in [-0.05, 0) is 6.92 Å². The Hall–Kier alpha value is -2.05. The number of amides is 1. The molecule has 1 aromatic rings. The third kappa shape index (κ3) is 2.22. The highest BCUT2D eigenvalue weighted by molar-refractivity contribution is 5.91. The Kier molecular flexibility index (Phi) is 2.99. The summed E-state index contributed by atoms with van der Waals surface area (Å²) in [6, 6.07) is 1.57. The zero-order valence-electron chi connectivity index (χ0n) is 9.47. The third-order valence-electron chi connectivity index (χ3n) is 2.58. The summed E-state index contributed by atoms with van der Waals surface area (Å²) in [7, 11) is 0. The monoisotopic (exact) mass is 238 g/mol. The number of carbonyl (C=O) groups excluding carboxylic acids is 2. The van der Waals surface area contributed by atoms with Crippen molar-refractivity contribution in [3.05, 3.63) is 11.8 Å². The van der Waals surface area contributed by atoms with Gasteiger partial charge in [-0.1, -0.05) is 0 Å². The van der Waals surface area contributed by atoms with E-state index in [0.29, 0.717) is 25.5 Å². The molecule has 0 saturated heterocycles. The van der Waals surface area contributed by atoms with E-state index in [0.717, 1.165) is 0 Å². The first-order chi connectivity index (χ1) is 8.11. The molecule has 1 amide bonds. The minimum atomic E-state index is -0.582. The van der Waals surface area contributed by atoms with Crippen LogP contribution in [-0.4, -0.2) is 34.8 Å². The summed E-state index contributed by atoms with van der Waals surface area (Å²) in [6.45, 7) is 2.99. The average molecular weight is 238 g/mol. The van der Waals surface area contributed by atoms with Crippen molar-refractivity contribution in [2.75, 3.05) is 18.5 Å². The Labute approximate surface area is 97.9 Å². The molecule has 1 aliphatic heterocycles. The standard InChI is InChI=1S/C10H14N4O3/c1-2-17-10(16)6-4-12-8-3-7(9(11)15)13-14(8)5-6/h3,6,12H,2,4-5H2,1H3,(H2,11,15). The summed E-state index contributed by atoms with van der Waals surface area (Å²) in [5.74, 6) is -0.439. The van der Waals surface area contributed by atoms with E-state index >= 15 is 0 Å². The summed E-state index contributed by atoms with van der Waals surface area (Å²) >= 11 is 0. The van der Waals surface area contributed by atoms with E-state index in [9.17, 15) is 9.59 Å². The van der Waals surface area contributed by atoms with Crippen LogP contribution in [0.2, 0.25) is 0 Å². The summed E-state index contributed by atoms with van der Waals surface area (Å²) in [4.78, 5) is 22.5. The van der Waals surface area contributed by atoms with E-state index in [4.69, 9.17) is 10.5 Å². The number of hydrogen-bond acceptors (Lipinski definition) is 5. The Morgan fingerprint density at radius 1 is 1.71 bits per heavy atom. The first-order valence-corrected chi connectivity index (χ1v) is 5.40. The molecule has 0 radical (unpaired) electrons. The molecule has 2 rings (SSSR count). The van der Waals surface area contributed by atoms with Crippen LogP contribution in [0.4, 0.5) is 5.82 Å². The van der Waals surface area contributed by atoms with Gasteiger partial charge in [0.1, 0.15) is 5.82 Å². The largest absolute Gasteiger partial charge is 0.466 e. The molecular formula is C10H14N4O3. The molecule has 1 unspecified atom stereocenters. The molecule has 0 aromatic carbocycles. The van der Waals surface area contributed by atoms with Gasteiger partial charge < -0.3 is 15.8 Å². The number of hydrogen-bond donors (Lipinski definition) is 2. The second-order valence-corrected chi connectivity index (χ2v) is 3.79. The van der Waals surface area contributed by atoms with Crippen LogP contribution in [0.25, 0.3) is 0 Å². The van der Waals surface area contributed by atoms with E-state index in [1.165, 1.54) is 0 Å². The molecule has 92 valence electrons. The van der Waals surface area contributed by atoms with Crippen LogP contribution in [0.3, 0.4) is 0 Å². The van der Waals surface area contributed by atoms with Crippen LogP contribution in [0, 0.1) is 5.92 Å². The van der Waals surface area contributed by atoms with Crippen molar-refractivity contribution < 1.29 is 14.3 Å². The zero-order valence-corrected chi connectivity index (χ0v) is 9.47. The van der Waals surface area contributed by atoms with Crippen molar-refractivity contribution in [3.63, 3.8) is 0 Å². The van der Waals surface area contributed by atoms with E-state index < -0.39 is 5.91 Å². The number of aromatic nitrogens is 2. The number of carbonyl (C=O) groups is 2. The number of anilines is 1. The molecule has 1 aromatic heterocycles. The van der Waals surface area contributed by atoms with Crippen molar-refractivity contribution in [1.82, 2.24) is 9.78 Å². The second kappa shape index (κ2) is 4.44. The van der Waals surface area contributed by atoms with E-state index in [-0.39, 0.29) is 17.6 Å². The van der Waals surface area contributed by atoms with Gasteiger partial charge >= 0.3 is 5.97 Å². The smallest absolute Gasteiger partial charge is 0.312 e. The van der Waals surface area contributed by atoms with Crippen LogP contribution in [0.15, 0.2) is 6.07 Å². The summed E-state index contributed by atoms with van der Waals surface area (Å²) < 4.78 is 6.50. The fourth-order valence-corrected chi connectivity index (χ4v) is 1.74. The molecule has 17 heavy (non-hydrogen) atoms. The molecule has 2 heterocycles. The lowest BCUT2D eigenvalue weighted by atomic mass is 10.1. The maximum absolute atomic E-state index is 11.6. The van der Waals surface area contributed by atoms with Gasteiger partial charge in [0.05, 0.1) is 19.1 Å². The Morgan fingerprint density at radius 3 is 3.12 bits per heavy atom. The molecular weight excluding hydrogens is 224 g/mol. The second-order valence-electron chi connectivity index (χ2n) is 3.79. The highest BCUT2D eigenvalue weighted by atomic mass is 16.5. The van der Waals surface area contributed by atoms with E-state index in [1.54, 1.807) is 17.7 Å². The Bertz CT molecular complexity index is 454. The highest BCUT2D eigenvalue weighted by Gasteiger charge is 2.27. The molecule has 0 aliphatic carbocycles. The number of nitrogens with one attached hydrogen (secondary N) is 1. The van der Waals surface area contributed by atoms with Crippen LogP contribution in [0.1, 0.15) is 17.4 Å². The summed E-state index contributed by atoms with van der Waals surface area (Å²) in [5.41, 5.74) is 5.33. The number of rotatable bonds is 3. The number of ether oxygens (including phenoxy) is 1. The quantitative estimate of drug-likeness (QED) is 0.697. The van der Waals surface area contributed by atoms with Gasteiger partial charge in [-0.2, -0.15) is 5.10 Å². The number of nitrogens with zero attached hydrogens (tertiary/aromatic N) is 2. The van der Waals surface area contributed by atoms with E-state index in [1.807, 2.05) is 0 Å². The predicted octanol–water partition coefficient (Wildman–Crippen LogP) is -0.413. The minimum Gasteiger partial charge on any atom is -0.466 e. The van der Waals surface area contributed by atoms with Gasteiger partial charge in [0.25, 0.3) is 5.91 Å². The number of fused-ring (bicyclic) bond motifs is 1. The summed E-state index contributed by atoms with van der Waals surface area (Å²) in [6.07, 6.45) is 0. The van der Waals surface area contributed by atoms with Gasteiger partial charge in [-0.3, -0.25) is 9.59 Å². The van der Waals surface area contributed by atoms with Crippen LogP contribution >= 0.6 is 0 Å². The van der Waals surface area contributed by atoms with Crippen molar-refractivity contribution in [2.45, 2.75) is 13.5 Å². The lowest BCUT2D eigenvalue weighted by Gasteiger charge is -2.23. The minimum absolute atomic E-state index is 0.192. The normalized spacial score (nSPS) is 18.1. The zero-order chi connectivity index (χ0) is 12.4. The van der Waals surface area contributed by atoms with Gasteiger partial charge in [0, 0.05) is 12.6 Å². The molecule has 1 atom stereocenters. The molecule has 0 saturated carbocycles. The topological polar surface area (TPSA) is 99.2 Å². The van der Waals surface area contributed by atoms with Crippen molar-refractivity contribution in [1.29, 1.82) is 0 Å². The molecule has 0 spiro atoms. The highest BCUT2D eigenvalue weighted by Crippen LogP contribution is 2.19. The molecule has 7 nitrogen and oxygen atoms in total. The maximum Gasteiger partial charge on any atom is 0.312 e. The first-order valence-electron chi connectivity index (χ1n) is 5.40. The van der Waals surface area contributed by atoms with Gasteiger partial charge in [-0.25, -0.2) is 4.68 Å². The Balaban J connectivity index is 2.13. The van der Waals surface area contributed by atoms with Gasteiger partial charge in [0.15, 0.2) is 5.69 Å². The fourth-order valence-electron chi connectivity index (χ4n) is 1.74. The SMILES string of the molecule is CCOC(=O)C1CNc2cc(C(N)=O)nn2C1. The average Bonchev–Trinajstić information content (AvgIpc) is 2.71. The van der Waals surface area contributed by atoms with Crippen LogP contribution < -0.4 is 11.1 Å². The van der Waals surface area contributed by atoms with Gasteiger partial charge in [-0.15, -0.1) is 0 Å². The molecule has 7 heteroatoms. The maximum atomic E-state index is 11.6. The van der Waals surface area contributed by atoms with Crippen molar-refractivity contribution in [3.8, 4) is 0 Å². The first kappa shape index (κ1) is 11.4. The molecule has 1 aliphatic rings. The summed E-state index contributed by atoms with van der Waals surface area (Å²) in [5, 5.41) is 7.03. The predicted molar refractivity (Wildman–Crippen MR) is 59.4 cm³/mol. The van der Waals surface area contributed by atoms with Crippen LogP contribution in [-0.2, 0) is 16.1 Å². The fraction of sp³-hybridized carbons (Fsp3) is 0.500. The number of primary amides is 1. The third-order valence-corrected chi connectivity index (χ3v) is 2.58. The van der Waals surface area contributed by atoms with Crippen molar-refractivity contribution in [2.24, 2.45) is 11.7 Å². The molecule has 3 N–H and O–H groups in total. The lowest BCUT2D eigenvalue weighted by molar-refractivity contribution is -0.148. The lowest BCUT2D eigenvalue weighted by Crippen LogP contribution is -2.34. The molecule has 0 fully saturated rings. The Morgan fingerprint density at radius 2 is 2.47 bits per heavy atom. The van der Waals surface area contributed by atoms with Crippen LogP contribution in [0.5, 0.6) is 0 Å². The van der Waals surface area contributed by atoms with E-state index in [2.05, 4.69) is 10.4 Å². The number of nitrogens with two attached hydrogens (primary N) is 1. The van der Waals surface area contributed by atoms with Gasteiger partial charge in [0.2, 0.25) is 0 Å². The van der Waals surface area contributed by atoms with Crippen molar-refractivity contribution >= 4 is 17.7 Å². The molecule has 0 bridgehead atoms.